The average molecular weight is 348 g/mol. The molecular weight excluding hydrogens is 328 g/mol. The van der Waals surface area contributed by atoms with Crippen molar-refractivity contribution in [2.24, 2.45) is 0 Å². The van der Waals surface area contributed by atoms with Gasteiger partial charge in [-0.05, 0) is 45.0 Å². The minimum absolute atomic E-state index is 0.371. The number of nitrogens with one attached hydrogen (secondary N) is 2. The second-order valence-corrected chi connectivity index (χ2v) is 6.07. The van der Waals surface area contributed by atoms with Crippen LogP contribution in [0.3, 0.4) is 0 Å². The predicted octanol–water partition coefficient (Wildman–Crippen LogP) is 2.87. The van der Waals surface area contributed by atoms with Crippen molar-refractivity contribution in [3.05, 3.63) is 82.7 Å². The first kappa shape index (κ1) is 17.4. The maximum Gasteiger partial charge on any atom is 0.273 e. The summed E-state index contributed by atoms with van der Waals surface area (Å²) in [4.78, 5) is 24.7. The molecule has 6 nitrogen and oxygen atoms in total. The summed E-state index contributed by atoms with van der Waals surface area (Å²) in [5.41, 5.74) is 9.06. The topological polar surface area (TPSA) is 76.0 Å². The van der Waals surface area contributed by atoms with E-state index in [1.54, 1.807) is 23.7 Å². The van der Waals surface area contributed by atoms with Gasteiger partial charge in [0.2, 0.25) is 0 Å². The van der Waals surface area contributed by atoms with Crippen molar-refractivity contribution in [1.82, 2.24) is 20.6 Å². The van der Waals surface area contributed by atoms with Crippen LogP contribution in [0.4, 0.5) is 0 Å². The van der Waals surface area contributed by atoms with E-state index >= 15 is 0 Å². The maximum absolute atomic E-state index is 12.5. The Bertz CT molecular complexity index is 944. The molecule has 0 fully saturated rings. The summed E-state index contributed by atoms with van der Waals surface area (Å²) >= 11 is 0. The molecule has 0 aliphatic carbocycles. The zero-order chi connectivity index (χ0) is 18.7. The monoisotopic (exact) mass is 348 g/mol. The van der Waals surface area contributed by atoms with E-state index in [0.29, 0.717) is 22.5 Å². The number of hydrogen-bond donors (Lipinski definition) is 2. The molecule has 0 atom stereocenters. The van der Waals surface area contributed by atoms with E-state index < -0.39 is 5.91 Å². The predicted molar refractivity (Wildman–Crippen MR) is 99.1 cm³/mol. The molecular formula is C20H20N4O2. The van der Waals surface area contributed by atoms with Crippen LogP contribution in [-0.4, -0.2) is 21.6 Å². The molecule has 3 rings (SSSR count). The van der Waals surface area contributed by atoms with Crippen LogP contribution in [0.25, 0.3) is 5.69 Å². The Hall–Kier alpha value is -3.41. The number of amides is 2. The lowest BCUT2D eigenvalue weighted by Crippen LogP contribution is -2.42. The minimum atomic E-state index is -0.400. The van der Waals surface area contributed by atoms with Crippen molar-refractivity contribution in [2.45, 2.75) is 20.8 Å². The van der Waals surface area contributed by atoms with Crippen LogP contribution in [0.15, 0.2) is 54.6 Å². The average Bonchev–Trinajstić information content (AvgIpc) is 2.95. The third-order valence-corrected chi connectivity index (χ3v) is 4.12. The number of hydrazine groups is 1. The van der Waals surface area contributed by atoms with Gasteiger partial charge in [0.15, 0.2) is 0 Å². The van der Waals surface area contributed by atoms with Gasteiger partial charge in [-0.15, -0.1) is 0 Å². The highest BCUT2D eigenvalue weighted by Gasteiger charge is 2.20. The summed E-state index contributed by atoms with van der Waals surface area (Å²) in [5, 5.41) is 4.44. The molecule has 0 aliphatic rings. The molecule has 0 radical (unpaired) electrons. The fourth-order valence-electron chi connectivity index (χ4n) is 2.75. The number of hydrogen-bond acceptors (Lipinski definition) is 3. The lowest BCUT2D eigenvalue weighted by Gasteiger charge is -2.08. The third kappa shape index (κ3) is 3.49. The fourth-order valence-corrected chi connectivity index (χ4v) is 2.75. The summed E-state index contributed by atoms with van der Waals surface area (Å²) < 4.78 is 1.71. The standard InChI is InChI=1S/C20H20N4O2/c1-13-9-11-16(12-10-13)19(25)21-22-20(26)18-14(2)23-24(15(18)3)17-7-5-4-6-8-17/h4-12H,1-3H3,(H,21,25)(H,22,26). The second-order valence-electron chi connectivity index (χ2n) is 6.07. The zero-order valence-electron chi connectivity index (χ0n) is 14.9. The van der Waals surface area contributed by atoms with Crippen molar-refractivity contribution in [3.8, 4) is 5.69 Å². The summed E-state index contributed by atoms with van der Waals surface area (Å²) in [7, 11) is 0. The first-order chi connectivity index (χ1) is 12.5. The molecule has 0 unspecified atom stereocenters. The molecule has 1 heterocycles. The lowest BCUT2D eigenvalue weighted by molar-refractivity contribution is 0.0846. The van der Waals surface area contributed by atoms with Crippen LogP contribution in [0.5, 0.6) is 0 Å². The van der Waals surface area contributed by atoms with Gasteiger partial charge in [-0.1, -0.05) is 35.9 Å². The van der Waals surface area contributed by atoms with Gasteiger partial charge in [-0.2, -0.15) is 5.10 Å². The highest BCUT2D eigenvalue weighted by Crippen LogP contribution is 2.17. The van der Waals surface area contributed by atoms with Gasteiger partial charge in [0.05, 0.1) is 22.6 Å². The number of rotatable bonds is 3. The Kier molecular flexibility index (Phi) is 4.84. The number of aryl methyl sites for hydroxylation is 2. The highest BCUT2D eigenvalue weighted by atomic mass is 16.2. The largest absolute Gasteiger partial charge is 0.273 e. The van der Waals surface area contributed by atoms with Gasteiger partial charge in [0.1, 0.15) is 0 Å². The third-order valence-electron chi connectivity index (χ3n) is 4.12. The molecule has 0 bridgehead atoms. The maximum atomic E-state index is 12.5. The molecule has 132 valence electrons. The van der Waals surface area contributed by atoms with Crippen molar-refractivity contribution in [2.75, 3.05) is 0 Å². The summed E-state index contributed by atoms with van der Waals surface area (Å²) in [6.07, 6.45) is 0. The van der Waals surface area contributed by atoms with Crippen LogP contribution in [0.2, 0.25) is 0 Å². The Morgan fingerprint density at radius 3 is 2.12 bits per heavy atom. The van der Waals surface area contributed by atoms with Crippen LogP contribution >= 0.6 is 0 Å². The van der Waals surface area contributed by atoms with Gasteiger partial charge in [-0.25, -0.2) is 4.68 Å². The van der Waals surface area contributed by atoms with Crippen LogP contribution in [0, 0.1) is 20.8 Å². The van der Waals surface area contributed by atoms with E-state index in [-0.39, 0.29) is 5.91 Å². The van der Waals surface area contributed by atoms with Gasteiger partial charge < -0.3 is 0 Å². The first-order valence-corrected chi connectivity index (χ1v) is 8.26. The van der Waals surface area contributed by atoms with Gasteiger partial charge >= 0.3 is 0 Å². The van der Waals surface area contributed by atoms with Crippen molar-refractivity contribution >= 4 is 11.8 Å². The Morgan fingerprint density at radius 2 is 1.46 bits per heavy atom. The Balaban J connectivity index is 1.75. The van der Waals surface area contributed by atoms with Gasteiger partial charge in [-0.3, -0.25) is 20.4 Å². The molecule has 1 aromatic heterocycles. The van der Waals surface area contributed by atoms with E-state index in [2.05, 4.69) is 16.0 Å². The van der Waals surface area contributed by atoms with E-state index in [0.717, 1.165) is 11.3 Å². The molecule has 0 aliphatic heterocycles. The summed E-state index contributed by atoms with van der Waals surface area (Å²) in [5.74, 6) is -0.772. The molecule has 2 amide bonds. The Morgan fingerprint density at radius 1 is 0.846 bits per heavy atom. The molecule has 3 aromatic rings. The molecule has 2 aromatic carbocycles. The van der Waals surface area contributed by atoms with E-state index in [1.807, 2.05) is 56.3 Å². The van der Waals surface area contributed by atoms with E-state index in [1.165, 1.54) is 0 Å². The van der Waals surface area contributed by atoms with Crippen molar-refractivity contribution in [3.63, 3.8) is 0 Å². The smallest absolute Gasteiger partial charge is 0.267 e. The number of nitrogens with zero attached hydrogens (tertiary/aromatic N) is 2. The number of aromatic nitrogens is 2. The normalized spacial score (nSPS) is 10.4. The lowest BCUT2D eigenvalue weighted by atomic mass is 10.1. The summed E-state index contributed by atoms with van der Waals surface area (Å²) in [6.45, 7) is 5.53. The van der Waals surface area contributed by atoms with Gasteiger partial charge in [0.25, 0.3) is 11.8 Å². The van der Waals surface area contributed by atoms with Crippen molar-refractivity contribution in [1.29, 1.82) is 0 Å². The SMILES string of the molecule is Cc1ccc(C(=O)NNC(=O)c2c(C)nn(-c3ccccc3)c2C)cc1. The molecule has 26 heavy (non-hydrogen) atoms. The van der Waals surface area contributed by atoms with Crippen LogP contribution in [0.1, 0.15) is 37.7 Å². The molecule has 2 N–H and O–H groups in total. The zero-order valence-corrected chi connectivity index (χ0v) is 14.9. The van der Waals surface area contributed by atoms with Crippen LogP contribution < -0.4 is 10.9 Å². The first-order valence-electron chi connectivity index (χ1n) is 8.26. The summed E-state index contributed by atoms with van der Waals surface area (Å²) in [6, 6.07) is 16.7. The van der Waals surface area contributed by atoms with E-state index in [4.69, 9.17) is 0 Å². The number of para-hydroxylation sites is 1. The van der Waals surface area contributed by atoms with E-state index in [9.17, 15) is 9.59 Å². The Labute approximate surface area is 151 Å². The highest BCUT2D eigenvalue weighted by molar-refractivity contribution is 6.00. The van der Waals surface area contributed by atoms with Crippen LogP contribution in [-0.2, 0) is 0 Å². The van der Waals surface area contributed by atoms with Crippen molar-refractivity contribution < 1.29 is 9.59 Å². The fraction of sp³-hybridized carbons (Fsp3) is 0.150. The number of benzene rings is 2. The molecule has 6 heteroatoms. The number of carbonyl (C=O) groups is 2. The quantitative estimate of drug-likeness (QED) is 0.715. The second kappa shape index (κ2) is 7.23. The molecule has 0 saturated carbocycles. The molecule has 0 spiro atoms. The number of carbonyl (C=O) groups excluding carboxylic acids is 2. The van der Waals surface area contributed by atoms with Gasteiger partial charge in [0, 0.05) is 5.56 Å². The minimum Gasteiger partial charge on any atom is -0.267 e. The molecule has 0 saturated heterocycles.